The van der Waals surface area contributed by atoms with Crippen LogP contribution >= 0.6 is 0 Å². The van der Waals surface area contributed by atoms with Gasteiger partial charge in [0, 0.05) is 6.04 Å². The minimum atomic E-state index is -3.44. The summed E-state index contributed by atoms with van der Waals surface area (Å²) >= 11 is 0. The number of nitrogens with one attached hydrogen (secondary N) is 1. The highest BCUT2D eigenvalue weighted by Gasteiger charge is 2.32. The summed E-state index contributed by atoms with van der Waals surface area (Å²) in [6.45, 7) is 11.8. The summed E-state index contributed by atoms with van der Waals surface area (Å²) in [5, 5.41) is 0. The van der Waals surface area contributed by atoms with Crippen LogP contribution in [0, 0.1) is 40.5 Å². The van der Waals surface area contributed by atoms with Gasteiger partial charge in [-0.3, -0.25) is 0 Å². The zero-order valence-electron chi connectivity index (χ0n) is 13.3. The molecule has 1 atom stereocenters. The van der Waals surface area contributed by atoms with Crippen LogP contribution in [0.15, 0.2) is 4.90 Å². The number of rotatable bonds is 4. The van der Waals surface area contributed by atoms with Crippen molar-refractivity contribution in [2.75, 3.05) is 0 Å². The number of hydrogen-bond donors (Lipinski definition) is 1. The Labute approximate surface area is 122 Å². The Bertz CT molecular complexity index is 614. The van der Waals surface area contributed by atoms with Crippen LogP contribution in [0.5, 0.6) is 0 Å². The van der Waals surface area contributed by atoms with Crippen molar-refractivity contribution in [1.29, 1.82) is 0 Å². The predicted molar refractivity (Wildman–Crippen MR) is 82.6 cm³/mol. The van der Waals surface area contributed by atoms with Gasteiger partial charge in [-0.25, -0.2) is 13.1 Å². The van der Waals surface area contributed by atoms with Crippen LogP contribution in [0.1, 0.15) is 47.6 Å². The molecule has 1 aromatic carbocycles. The molecule has 1 fully saturated rings. The Kier molecular flexibility index (Phi) is 4.00. The van der Waals surface area contributed by atoms with Gasteiger partial charge in [0.15, 0.2) is 0 Å². The Morgan fingerprint density at radius 1 is 0.900 bits per heavy atom. The largest absolute Gasteiger partial charge is 0.241 e. The molecule has 0 radical (unpaired) electrons. The molecule has 1 aliphatic rings. The van der Waals surface area contributed by atoms with Crippen molar-refractivity contribution in [3.8, 4) is 0 Å². The van der Waals surface area contributed by atoms with Crippen LogP contribution in [0.25, 0.3) is 0 Å². The van der Waals surface area contributed by atoms with Gasteiger partial charge in [-0.2, -0.15) is 0 Å². The SMILES string of the molecule is Cc1c(C)c(C)c(S(=O)(=O)N[C@H](C)C2CC2)c(C)c1C. The lowest BCUT2D eigenvalue weighted by Crippen LogP contribution is -2.35. The first-order chi connectivity index (χ1) is 9.16. The maximum atomic E-state index is 12.7. The van der Waals surface area contributed by atoms with Crippen LogP contribution in [0.3, 0.4) is 0 Å². The lowest BCUT2D eigenvalue weighted by atomic mass is 9.95. The highest BCUT2D eigenvalue weighted by Crippen LogP contribution is 2.34. The molecular weight excluding hydrogens is 270 g/mol. The van der Waals surface area contributed by atoms with E-state index in [1.54, 1.807) is 0 Å². The third kappa shape index (κ3) is 2.63. The zero-order valence-corrected chi connectivity index (χ0v) is 14.1. The minimum Gasteiger partial charge on any atom is -0.208 e. The Morgan fingerprint density at radius 3 is 1.70 bits per heavy atom. The third-order valence-electron chi connectivity index (χ3n) is 4.87. The van der Waals surface area contributed by atoms with Gasteiger partial charge in [-0.05, 0) is 88.1 Å². The molecule has 0 aromatic heterocycles. The van der Waals surface area contributed by atoms with Gasteiger partial charge in [0.1, 0.15) is 0 Å². The molecule has 1 saturated carbocycles. The molecular formula is C16H25NO2S. The van der Waals surface area contributed by atoms with Crippen LogP contribution in [-0.4, -0.2) is 14.5 Å². The van der Waals surface area contributed by atoms with E-state index in [0.717, 1.165) is 35.1 Å². The Morgan fingerprint density at radius 2 is 1.30 bits per heavy atom. The fourth-order valence-electron chi connectivity index (χ4n) is 2.86. The zero-order chi connectivity index (χ0) is 15.2. The Hall–Kier alpha value is -0.870. The van der Waals surface area contributed by atoms with Crippen molar-refractivity contribution in [3.63, 3.8) is 0 Å². The first-order valence-corrected chi connectivity index (χ1v) is 8.74. The molecule has 1 aliphatic carbocycles. The fourth-order valence-corrected chi connectivity index (χ4v) is 4.78. The molecule has 0 saturated heterocycles. The topological polar surface area (TPSA) is 46.2 Å². The second kappa shape index (κ2) is 5.15. The van der Waals surface area contributed by atoms with E-state index in [9.17, 15) is 8.42 Å². The van der Waals surface area contributed by atoms with Gasteiger partial charge in [0.05, 0.1) is 4.90 Å². The van der Waals surface area contributed by atoms with Crippen LogP contribution < -0.4 is 4.72 Å². The third-order valence-corrected chi connectivity index (χ3v) is 6.70. The van der Waals surface area contributed by atoms with E-state index >= 15 is 0 Å². The number of hydrogen-bond acceptors (Lipinski definition) is 2. The maximum Gasteiger partial charge on any atom is 0.241 e. The van der Waals surface area contributed by atoms with Gasteiger partial charge in [-0.1, -0.05) is 0 Å². The van der Waals surface area contributed by atoms with Crippen molar-refractivity contribution in [2.45, 2.75) is 65.3 Å². The predicted octanol–water partition coefficient (Wildman–Crippen LogP) is 3.31. The highest BCUT2D eigenvalue weighted by molar-refractivity contribution is 7.89. The van der Waals surface area contributed by atoms with Gasteiger partial charge < -0.3 is 0 Å². The number of benzene rings is 1. The highest BCUT2D eigenvalue weighted by atomic mass is 32.2. The molecule has 20 heavy (non-hydrogen) atoms. The summed E-state index contributed by atoms with van der Waals surface area (Å²) < 4.78 is 28.3. The van der Waals surface area contributed by atoms with Crippen molar-refractivity contribution in [1.82, 2.24) is 4.72 Å². The molecule has 112 valence electrons. The first kappa shape index (κ1) is 15.5. The van der Waals surface area contributed by atoms with E-state index in [0.29, 0.717) is 10.8 Å². The summed E-state index contributed by atoms with van der Waals surface area (Å²) in [4.78, 5) is 0.477. The molecule has 1 aromatic rings. The first-order valence-electron chi connectivity index (χ1n) is 7.26. The van der Waals surface area contributed by atoms with Crippen molar-refractivity contribution in [2.24, 2.45) is 5.92 Å². The second-order valence-electron chi connectivity index (χ2n) is 6.20. The molecule has 0 aliphatic heterocycles. The molecule has 0 unspecified atom stereocenters. The lowest BCUT2D eigenvalue weighted by Gasteiger charge is -2.21. The molecule has 0 heterocycles. The molecule has 0 spiro atoms. The second-order valence-corrected chi connectivity index (χ2v) is 7.85. The fraction of sp³-hybridized carbons (Fsp3) is 0.625. The average Bonchev–Trinajstić information content (AvgIpc) is 3.17. The van der Waals surface area contributed by atoms with Crippen molar-refractivity contribution >= 4 is 10.0 Å². The minimum absolute atomic E-state index is 0.0284. The summed E-state index contributed by atoms with van der Waals surface area (Å²) in [6.07, 6.45) is 2.27. The quantitative estimate of drug-likeness (QED) is 0.926. The lowest BCUT2D eigenvalue weighted by molar-refractivity contribution is 0.537. The maximum absolute atomic E-state index is 12.7. The molecule has 3 nitrogen and oxygen atoms in total. The summed E-state index contributed by atoms with van der Waals surface area (Å²) in [7, 11) is -3.44. The van der Waals surface area contributed by atoms with Crippen LogP contribution in [0.4, 0.5) is 0 Å². The number of sulfonamides is 1. The molecule has 0 bridgehead atoms. The molecule has 1 N–H and O–H groups in total. The van der Waals surface area contributed by atoms with Gasteiger partial charge in [0.25, 0.3) is 0 Å². The van der Waals surface area contributed by atoms with E-state index in [1.165, 1.54) is 5.56 Å². The van der Waals surface area contributed by atoms with Crippen molar-refractivity contribution in [3.05, 3.63) is 27.8 Å². The molecule has 0 amide bonds. The van der Waals surface area contributed by atoms with E-state index in [-0.39, 0.29) is 6.04 Å². The smallest absolute Gasteiger partial charge is 0.208 e. The molecule has 4 heteroatoms. The van der Waals surface area contributed by atoms with Gasteiger partial charge in [0.2, 0.25) is 10.0 Å². The summed E-state index contributed by atoms with van der Waals surface area (Å²) in [5.74, 6) is 0.512. The van der Waals surface area contributed by atoms with Gasteiger partial charge >= 0.3 is 0 Å². The van der Waals surface area contributed by atoms with E-state index in [1.807, 2.05) is 34.6 Å². The normalized spacial score (nSPS) is 17.3. The van der Waals surface area contributed by atoms with Gasteiger partial charge in [-0.15, -0.1) is 0 Å². The van der Waals surface area contributed by atoms with E-state index in [2.05, 4.69) is 11.6 Å². The average molecular weight is 295 g/mol. The van der Waals surface area contributed by atoms with E-state index < -0.39 is 10.0 Å². The van der Waals surface area contributed by atoms with E-state index in [4.69, 9.17) is 0 Å². The Balaban J connectivity index is 2.51. The van der Waals surface area contributed by atoms with Crippen molar-refractivity contribution < 1.29 is 8.42 Å². The standard InChI is InChI=1S/C16H25NO2S/c1-9-10(2)12(4)16(13(5)11(9)3)20(18,19)17-14(6)15-7-8-15/h14-15,17H,7-8H2,1-6H3/t14-/m1/s1. The van der Waals surface area contributed by atoms with Crippen LogP contribution in [-0.2, 0) is 10.0 Å². The molecule has 2 rings (SSSR count). The van der Waals surface area contributed by atoms with Crippen LogP contribution in [0.2, 0.25) is 0 Å². The summed E-state index contributed by atoms with van der Waals surface area (Å²) in [5.41, 5.74) is 5.09. The summed E-state index contributed by atoms with van der Waals surface area (Å²) in [6, 6.07) is 0.0284. The monoisotopic (exact) mass is 295 g/mol.